The second-order valence-corrected chi connectivity index (χ2v) is 15.3. The van der Waals surface area contributed by atoms with Crippen molar-refractivity contribution in [1.29, 1.82) is 0 Å². The van der Waals surface area contributed by atoms with Gasteiger partial charge in [-0.2, -0.15) is 5.10 Å². The van der Waals surface area contributed by atoms with Crippen LogP contribution in [0.5, 0.6) is 11.5 Å². The molecule has 0 aliphatic rings. The lowest BCUT2D eigenvalue weighted by molar-refractivity contribution is 0.481. The number of aryl methyl sites for hydroxylation is 1. The number of pyridine rings is 1. The summed E-state index contributed by atoms with van der Waals surface area (Å²) in [5.41, 5.74) is 11.6. The van der Waals surface area contributed by atoms with E-state index in [0.29, 0.717) is 11.8 Å². The van der Waals surface area contributed by atoms with Gasteiger partial charge in [0.15, 0.2) is 0 Å². The number of nitrogens with zero attached hydrogens (tertiary/aromatic N) is 4. The standard InChI is InChI=1S/C46H50N4O/c1-10-30(5)33-17-20-42-40(25-33)39-19-18-37(28-43(39)49(42)44-26-35(21-22-47-44)46(7,8)9)51-38-24-34(29(3)4)23-36(27-38)50-41(11-2)45(31(6)48-50)32-15-13-12-14-16-32/h12-30H,10-11H2,1-9H3. The van der Waals surface area contributed by atoms with Crippen LogP contribution >= 0.6 is 0 Å². The van der Waals surface area contributed by atoms with Gasteiger partial charge in [-0.15, -0.1) is 0 Å². The highest BCUT2D eigenvalue weighted by Crippen LogP contribution is 2.39. The van der Waals surface area contributed by atoms with Crippen molar-refractivity contribution in [3.8, 4) is 34.1 Å². The van der Waals surface area contributed by atoms with Gasteiger partial charge in [-0.1, -0.05) is 91.8 Å². The summed E-state index contributed by atoms with van der Waals surface area (Å²) in [6, 6.07) is 34.9. The molecule has 0 aliphatic carbocycles. The zero-order chi connectivity index (χ0) is 36.0. The minimum absolute atomic E-state index is 0.000203. The van der Waals surface area contributed by atoms with E-state index in [-0.39, 0.29) is 5.41 Å². The monoisotopic (exact) mass is 674 g/mol. The van der Waals surface area contributed by atoms with Gasteiger partial charge >= 0.3 is 0 Å². The second kappa shape index (κ2) is 13.5. The molecule has 0 fully saturated rings. The number of fused-ring (bicyclic) bond motifs is 3. The van der Waals surface area contributed by atoms with Crippen molar-refractivity contribution in [2.45, 2.75) is 92.4 Å². The van der Waals surface area contributed by atoms with Crippen molar-refractivity contribution >= 4 is 21.8 Å². The molecule has 7 aromatic rings. The fourth-order valence-corrected chi connectivity index (χ4v) is 7.23. The first kappa shape index (κ1) is 34.3. The van der Waals surface area contributed by atoms with Crippen molar-refractivity contribution in [3.63, 3.8) is 0 Å². The molecule has 0 bridgehead atoms. The van der Waals surface area contributed by atoms with Gasteiger partial charge in [0.1, 0.15) is 17.3 Å². The fourth-order valence-electron chi connectivity index (χ4n) is 7.23. The SMILES string of the molecule is CCc1c(-c2ccccc2)c(C)nn1-c1cc(Oc2ccc3c4cc(C(C)CC)ccc4n(-c4cc(C(C)(C)C)ccn4)c3c2)cc(C(C)C)c1. The summed E-state index contributed by atoms with van der Waals surface area (Å²) >= 11 is 0. The molecule has 0 saturated carbocycles. The molecule has 0 amide bonds. The molecule has 5 heteroatoms. The average Bonchev–Trinajstić information content (AvgIpc) is 3.64. The third-order valence-corrected chi connectivity index (χ3v) is 10.4. The molecule has 3 aromatic heterocycles. The minimum Gasteiger partial charge on any atom is -0.457 e. The first-order valence-electron chi connectivity index (χ1n) is 18.5. The van der Waals surface area contributed by atoms with Crippen molar-refractivity contribution in [2.75, 3.05) is 0 Å². The van der Waals surface area contributed by atoms with Gasteiger partial charge in [0.2, 0.25) is 0 Å². The summed E-state index contributed by atoms with van der Waals surface area (Å²) in [5.74, 6) is 3.28. The zero-order valence-electron chi connectivity index (χ0n) is 31.6. The van der Waals surface area contributed by atoms with Crippen molar-refractivity contribution in [1.82, 2.24) is 19.3 Å². The van der Waals surface area contributed by atoms with Crippen LogP contribution in [0.25, 0.3) is 44.4 Å². The predicted octanol–water partition coefficient (Wildman–Crippen LogP) is 12.6. The lowest BCUT2D eigenvalue weighted by atomic mass is 9.88. The molecule has 0 aliphatic heterocycles. The van der Waals surface area contributed by atoms with E-state index < -0.39 is 0 Å². The Morgan fingerprint density at radius 2 is 1.53 bits per heavy atom. The molecule has 1 unspecified atom stereocenters. The normalized spacial score (nSPS) is 12.7. The molecular weight excluding hydrogens is 625 g/mol. The summed E-state index contributed by atoms with van der Waals surface area (Å²) in [5, 5.41) is 7.51. The van der Waals surface area contributed by atoms with Crippen LogP contribution in [0.4, 0.5) is 0 Å². The maximum absolute atomic E-state index is 6.80. The van der Waals surface area contributed by atoms with Crippen LogP contribution in [0.2, 0.25) is 0 Å². The summed E-state index contributed by atoms with van der Waals surface area (Å²) < 4.78 is 11.2. The lowest BCUT2D eigenvalue weighted by Crippen LogP contribution is -2.12. The van der Waals surface area contributed by atoms with E-state index in [1.165, 1.54) is 44.3 Å². The van der Waals surface area contributed by atoms with E-state index in [2.05, 4.69) is 169 Å². The Bertz CT molecular complexity index is 2350. The Hall–Kier alpha value is -5.16. The van der Waals surface area contributed by atoms with E-state index in [4.69, 9.17) is 14.8 Å². The highest BCUT2D eigenvalue weighted by molar-refractivity contribution is 6.09. The number of benzene rings is 4. The highest BCUT2D eigenvalue weighted by Gasteiger charge is 2.21. The molecule has 0 saturated heterocycles. The van der Waals surface area contributed by atoms with Gasteiger partial charge in [0.05, 0.1) is 28.1 Å². The Morgan fingerprint density at radius 1 is 0.745 bits per heavy atom. The van der Waals surface area contributed by atoms with E-state index >= 15 is 0 Å². The predicted molar refractivity (Wildman–Crippen MR) is 213 cm³/mol. The molecule has 51 heavy (non-hydrogen) atoms. The Labute approximate surface area is 302 Å². The number of hydrogen-bond acceptors (Lipinski definition) is 3. The third-order valence-electron chi connectivity index (χ3n) is 10.4. The molecule has 260 valence electrons. The van der Waals surface area contributed by atoms with Gasteiger partial charge < -0.3 is 4.74 Å². The molecule has 5 nitrogen and oxygen atoms in total. The molecular formula is C46H50N4O. The van der Waals surface area contributed by atoms with Gasteiger partial charge in [-0.25, -0.2) is 9.67 Å². The average molecular weight is 675 g/mol. The summed E-state index contributed by atoms with van der Waals surface area (Å²) in [4.78, 5) is 4.92. The largest absolute Gasteiger partial charge is 0.457 e. The van der Waals surface area contributed by atoms with Crippen LogP contribution in [0.1, 0.15) is 102 Å². The van der Waals surface area contributed by atoms with Crippen molar-refractivity contribution in [3.05, 3.63) is 131 Å². The van der Waals surface area contributed by atoms with Crippen LogP contribution in [0.3, 0.4) is 0 Å². The summed E-state index contributed by atoms with van der Waals surface area (Å²) in [7, 11) is 0. The van der Waals surface area contributed by atoms with Gasteiger partial charge in [0, 0.05) is 34.7 Å². The zero-order valence-corrected chi connectivity index (χ0v) is 31.6. The summed E-state index contributed by atoms with van der Waals surface area (Å²) in [6.45, 7) is 20.1. The topological polar surface area (TPSA) is 44.9 Å². The Kier molecular flexibility index (Phi) is 9.09. The second-order valence-electron chi connectivity index (χ2n) is 15.3. The Balaban J connectivity index is 1.37. The molecule has 7 rings (SSSR count). The van der Waals surface area contributed by atoms with Crippen molar-refractivity contribution < 1.29 is 4.74 Å². The molecule has 0 radical (unpaired) electrons. The molecule has 3 heterocycles. The lowest BCUT2D eigenvalue weighted by Gasteiger charge is -2.20. The third kappa shape index (κ3) is 6.46. The first-order chi connectivity index (χ1) is 24.5. The van der Waals surface area contributed by atoms with E-state index in [1.807, 2.05) is 6.20 Å². The maximum Gasteiger partial charge on any atom is 0.137 e. The van der Waals surface area contributed by atoms with Crippen molar-refractivity contribution in [2.24, 2.45) is 0 Å². The molecule has 0 N–H and O–H groups in total. The van der Waals surface area contributed by atoms with Crippen LogP contribution in [0.15, 0.2) is 103 Å². The van der Waals surface area contributed by atoms with Gasteiger partial charge in [-0.3, -0.25) is 4.57 Å². The highest BCUT2D eigenvalue weighted by atomic mass is 16.5. The summed E-state index contributed by atoms with van der Waals surface area (Å²) in [6.07, 6.45) is 3.89. The smallest absolute Gasteiger partial charge is 0.137 e. The number of hydrogen-bond donors (Lipinski definition) is 0. The molecule has 4 aromatic carbocycles. The fraction of sp³-hybridized carbons (Fsp3) is 0.304. The van der Waals surface area contributed by atoms with E-state index in [1.54, 1.807) is 0 Å². The number of rotatable bonds is 9. The molecule has 0 spiro atoms. The maximum atomic E-state index is 6.80. The number of ether oxygens (including phenoxy) is 1. The van der Waals surface area contributed by atoms with E-state index in [9.17, 15) is 0 Å². The van der Waals surface area contributed by atoms with Crippen LogP contribution in [0, 0.1) is 6.92 Å². The number of aromatic nitrogens is 4. The quantitative estimate of drug-likeness (QED) is 0.153. The van der Waals surface area contributed by atoms with Crippen LogP contribution in [-0.4, -0.2) is 19.3 Å². The first-order valence-corrected chi connectivity index (χ1v) is 18.5. The molecule has 1 atom stereocenters. The van der Waals surface area contributed by atoms with Gasteiger partial charge in [-0.05, 0) is 108 Å². The Morgan fingerprint density at radius 3 is 2.24 bits per heavy atom. The van der Waals surface area contributed by atoms with Crippen LogP contribution in [-0.2, 0) is 11.8 Å². The van der Waals surface area contributed by atoms with E-state index in [0.717, 1.165) is 52.6 Å². The van der Waals surface area contributed by atoms with Crippen LogP contribution < -0.4 is 4.74 Å². The minimum atomic E-state index is 0.000203. The van der Waals surface area contributed by atoms with Gasteiger partial charge in [0.25, 0.3) is 0 Å².